The number of carbonyl (C=O) groups excluding carboxylic acids is 1. The summed E-state index contributed by atoms with van der Waals surface area (Å²) >= 11 is 0. The Labute approximate surface area is 114 Å². The van der Waals surface area contributed by atoms with E-state index >= 15 is 0 Å². The van der Waals surface area contributed by atoms with Crippen molar-refractivity contribution in [3.8, 4) is 11.5 Å². The second-order valence-corrected chi connectivity index (χ2v) is 3.91. The second kappa shape index (κ2) is 5.43. The van der Waals surface area contributed by atoms with Gasteiger partial charge in [0.1, 0.15) is 17.3 Å². The molecule has 0 saturated heterocycles. The minimum Gasteiger partial charge on any atom is -0.497 e. The molecule has 1 aromatic carbocycles. The molecule has 20 heavy (non-hydrogen) atoms. The van der Waals surface area contributed by atoms with Crippen LogP contribution >= 0.6 is 0 Å². The average Bonchev–Trinajstić information content (AvgIpc) is 2.46. The number of benzene rings is 1. The Balaban J connectivity index is 2.54. The number of hydrogen-bond acceptors (Lipinski definition) is 6. The molecule has 3 N–H and O–H groups in total. The van der Waals surface area contributed by atoms with E-state index < -0.39 is 11.5 Å². The highest BCUT2D eigenvalue weighted by Gasteiger charge is 2.18. The maximum Gasteiger partial charge on any atom is 0.346 e. The van der Waals surface area contributed by atoms with E-state index in [2.05, 4.69) is 9.97 Å². The van der Waals surface area contributed by atoms with Crippen LogP contribution in [0.4, 0.5) is 5.82 Å². The fraction of sp³-hybridized carbons (Fsp3) is 0.154. The van der Waals surface area contributed by atoms with Crippen LogP contribution in [0.2, 0.25) is 0 Å². The van der Waals surface area contributed by atoms with Crippen LogP contribution < -0.4 is 20.9 Å². The highest BCUT2D eigenvalue weighted by Crippen LogP contribution is 2.27. The predicted octanol–water partition coefficient (Wildman–Crippen LogP) is 0.600. The van der Waals surface area contributed by atoms with E-state index in [1.54, 1.807) is 12.1 Å². The van der Waals surface area contributed by atoms with E-state index in [0.29, 0.717) is 11.5 Å². The molecule has 7 nitrogen and oxygen atoms in total. The number of H-pyrrole nitrogens is 1. The van der Waals surface area contributed by atoms with Crippen molar-refractivity contribution >= 4 is 11.6 Å². The zero-order chi connectivity index (χ0) is 14.7. The lowest BCUT2D eigenvalue weighted by molar-refractivity contribution is 0.103. The van der Waals surface area contributed by atoms with Crippen LogP contribution in [0.25, 0.3) is 0 Å². The van der Waals surface area contributed by atoms with E-state index in [4.69, 9.17) is 15.2 Å². The maximum absolute atomic E-state index is 12.4. The van der Waals surface area contributed by atoms with Gasteiger partial charge in [0.2, 0.25) is 5.78 Å². The largest absolute Gasteiger partial charge is 0.497 e. The highest BCUT2D eigenvalue weighted by atomic mass is 16.5. The SMILES string of the molecule is COc1ccc(OC)c(C(=O)c2cnc(=O)[nH]c2N)c1. The summed E-state index contributed by atoms with van der Waals surface area (Å²) in [5.41, 5.74) is 5.38. The van der Waals surface area contributed by atoms with Crippen LogP contribution in [0.5, 0.6) is 11.5 Å². The first kappa shape index (κ1) is 13.6. The summed E-state index contributed by atoms with van der Waals surface area (Å²) in [5.74, 6) is 0.424. The van der Waals surface area contributed by atoms with Crippen molar-refractivity contribution in [2.24, 2.45) is 0 Å². The number of nitrogens with two attached hydrogens (primary N) is 1. The van der Waals surface area contributed by atoms with Crippen molar-refractivity contribution < 1.29 is 14.3 Å². The number of carbonyl (C=O) groups is 1. The number of nitrogens with one attached hydrogen (secondary N) is 1. The Morgan fingerprint density at radius 1 is 1.25 bits per heavy atom. The summed E-state index contributed by atoms with van der Waals surface area (Å²) in [7, 11) is 2.94. The van der Waals surface area contributed by atoms with Crippen LogP contribution in [-0.4, -0.2) is 30.0 Å². The quantitative estimate of drug-likeness (QED) is 0.791. The van der Waals surface area contributed by atoms with E-state index in [-0.39, 0.29) is 16.9 Å². The van der Waals surface area contributed by atoms with E-state index in [1.165, 1.54) is 20.3 Å². The van der Waals surface area contributed by atoms with Crippen LogP contribution in [0, 0.1) is 0 Å². The molecule has 2 aromatic rings. The molecule has 1 heterocycles. The topological polar surface area (TPSA) is 107 Å². The number of rotatable bonds is 4. The first-order chi connectivity index (χ1) is 9.56. The van der Waals surface area contributed by atoms with Crippen LogP contribution in [-0.2, 0) is 0 Å². The number of methoxy groups -OCH3 is 2. The van der Waals surface area contributed by atoms with Gasteiger partial charge in [-0.3, -0.25) is 9.78 Å². The van der Waals surface area contributed by atoms with Crippen molar-refractivity contribution in [3.63, 3.8) is 0 Å². The number of aromatic nitrogens is 2. The third-order valence-electron chi connectivity index (χ3n) is 2.74. The molecule has 2 rings (SSSR count). The highest BCUT2D eigenvalue weighted by molar-refractivity contribution is 6.13. The van der Waals surface area contributed by atoms with Gasteiger partial charge in [0, 0.05) is 6.20 Å². The third kappa shape index (κ3) is 2.46. The van der Waals surface area contributed by atoms with Gasteiger partial charge < -0.3 is 15.2 Å². The van der Waals surface area contributed by atoms with Gasteiger partial charge in [-0.2, -0.15) is 0 Å². The van der Waals surface area contributed by atoms with Crippen LogP contribution in [0.3, 0.4) is 0 Å². The van der Waals surface area contributed by atoms with Gasteiger partial charge in [-0.05, 0) is 18.2 Å². The molecule has 0 spiro atoms. The Bertz CT molecular complexity index is 709. The second-order valence-electron chi connectivity index (χ2n) is 3.91. The monoisotopic (exact) mass is 275 g/mol. The Morgan fingerprint density at radius 2 is 2.00 bits per heavy atom. The van der Waals surface area contributed by atoms with Gasteiger partial charge in [-0.25, -0.2) is 9.78 Å². The van der Waals surface area contributed by atoms with E-state index in [9.17, 15) is 9.59 Å². The van der Waals surface area contributed by atoms with Gasteiger partial charge >= 0.3 is 5.69 Å². The molecule has 0 unspecified atom stereocenters. The van der Waals surface area contributed by atoms with Crippen molar-refractivity contribution in [1.29, 1.82) is 0 Å². The van der Waals surface area contributed by atoms with E-state index in [1.807, 2.05) is 0 Å². The molecule has 0 aliphatic heterocycles. The number of hydrogen-bond donors (Lipinski definition) is 2. The van der Waals surface area contributed by atoms with Gasteiger partial charge in [0.05, 0.1) is 25.3 Å². The molecular weight excluding hydrogens is 262 g/mol. The number of ketones is 1. The fourth-order valence-corrected chi connectivity index (χ4v) is 1.73. The van der Waals surface area contributed by atoms with Gasteiger partial charge in [-0.1, -0.05) is 0 Å². The number of anilines is 1. The molecule has 0 atom stereocenters. The first-order valence-electron chi connectivity index (χ1n) is 5.68. The standard InChI is InChI=1S/C13H13N3O4/c1-19-7-3-4-10(20-2)8(5-7)11(17)9-6-15-13(18)16-12(9)14/h3-6H,1-2H3,(H3,14,15,16,18). The minimum absolute atomic E-state index is 0.0418. The van der Waals surface area contributed by atoms with Crippen molar-refractivity contribution in [3.05, 3.63) is 46.0 Å². The van der Waals surface area contributed by atoms with E-state index in [0.717, 1.165) is 6.20 Å². The molecule has 0 aliphatic carbocycles. The third-order valence-corrected chi connectivity index (χ3v) is 2.74. The lowest BCUT2D eigenvalue weighted by Crippen LogP contribution is -2.17. The molecule has 1 aromatic heterocycles. The normalized spacial score (nSPS) is 10.1. The molecule has 0 aliphatic rings. The van der Waals surface area contributed by atoms with Crippen molar-refractivity contribution in [1.82, 2.24) is 9.97 Å². The van der Waals surface area contributed by atoms with Crippen molar-refractivity contribution in [2.45, 2.75) is 0 Å². The fourth-order valence-electron chi connectivity index (χ4n) is 1.73. The summed E-state index contributed by atoms with van der Waals surface area (Å²) in [6.07, 6.45) is 1.13. The number of nitrogens with zero attached hydrogens (tertiary/aromatic N) is 1. The Hall–Kier alpha value is -2.83. The molecule has 0 radical (unpaired) electrons. The molecular formula is C13H13N3O4. The predicted molar refractivity (Wildman–Crippen MR) is 72.2 cm³/mol. The Morgan fingerprint density at radius 3 is 2.60 bits per heavy atom. The summed E-state index contributed by atoms with van der Waals surface area (Å²) in [6.45, 7) is 0. The zero-order valence-corrected chi connectivity index (χ0v) is 11.0. The van der Waals surface area contributed by atoms with Crippen LogP contribution in [0.15, 0.2) is 29.2 Å². The van der Waals surface area contributed by atoms with Gasteiger partial charge in [0.25, 0.3) is 0 Å². The minimum atomic E-state index is -0.614. The van der Waals surface area contributed by atoms with Gasteiger partial charge in [-0.15, -0.1) is 0 Å². The molecule has 0 amide bonds. The number of ether oxygens (including phenoxy) is 2. The lowest BCUT2D eigenvalue weighted by Gasteiger charge is -2.10. The number of nitrogen functional groups attached to an aromatic ring is 1. The maximum atomic E-state index is 12.4. The molecule has 0 fully saturated rings. The van der Waals surface area contributed by atoms with Crippen molar-refractivity contribution in [2.75, 3.05) is 20.0 Å². The molecule has 7 heteroatoms. The smallest absolute Gasteiger partial charge is 0.346 e. The summed E-state index contributed by atoms with van der Waals surface area (Å²) in [6, 6.07) is 4.82. The summed E-state index contributed by atoms with van der Waals surface area (Å²) in [4.78, 5) is 29.2. The molecule has 0 bridgehead atoms. The number of aromatic amines is 1. The average molecular weight is 275 g/mol. The summed E-state index contributed by atoms with van der Waals surface area (Å²) in [5, 5.41) is 0. The van der Waals surface area contributed by atoms with Gasteiger partial charge in [0.15, 0.2) is 0 Å². The summed E-state index contributed by atoms with van der Waals surface area (Å²) < 4.78 is 10.2. The zero-order valence-electron chi connectivity index (χ0n) is 11.0. The lowest BCUT2D eigenvalue weighted by atomic mass is 10.0. The first-order valence-corrected chi connectivity index (χ1v) is 5.68. The molecule has 104 valence electrons. The van der Waals surface area contributed by atoms with Crippen LogP contribution in [0.1, 0.15) is 15.9 Å². The Kier molecular flexibility index (Phi) is 3.69. The molecule has 0 saturated carbocycles.